The van der Waals surface area contributed by atoms with E-state index in [0.717, 1.165) is 39.5 Å². The molecule has 0 N–H and O–H groups in total. The van der Waals surface area contributed by atoms with Gasteiger partial charge in [-0.2, -0.15) is 0 Å². The number of hydrogen-bond acceptors (Lipinski definition) is 1. The molecule has 2 aliphatic rings. The predicted molar refractivity (Wildman–Crippen MR) is 327 cm³/mol. The highest BCUT2D eigenvalue weighted by molar-refractivity contribution is 6.14. The average molecular weight is 1010 g/mol. The molecule has 3 heteroatoms. The van der Waals surface area contributed by atoms with Crippen molar-refractivity contribution in [3.63, 3.8) is 0 Å². The Bertz CT molecular complexity index is 4370. The van der Waals surface area contributed by atoms with E-state index in [1.807, 2.05) is 0 Å². The number of nitrogens with zero attached hydrogens (tertiary/aromatic N) is 3. The minimum Gasteiger partial charge on any atom is -0.316 e. The van der Waals surface area contributed by atoms with E-state index in [1.54, 1.807) is 0 Å². The van der Waals surface area contributed by atoms with Crippen LogP contribution < -0.4 is 4.90 Å². The van der Waals surface area contributed by atoms with Crippen molar-refractivity contribution in [3.05, 3.63) is 354 Å². The van der Waals surface area contributed by atoms with Crippen molar-refractivity contribution in [2.24, 2.45) is 0 Å². The van der Waals surface area contributed by atoms with E-state index in [9.17, 15) is 0 Å². The second-order valence-electron chi connectivity index (χ2n) is 21.2. The van der Waals surface area contributed by atoms with E-state index in [2.05, 4.69) is 324 Å². The van der Waals surface area contributed by atoms with Crippen molar-refractivity contribution in [3.8, 4) is 33.6 Å². The molecule has 0 amide bonds. The third kappa shape index (κ3) is 6.54. The zero-order valence-electron chi connectivity index (χ0n) is 43.3. The molecule has 0 atom stereocenters. The summed E-state index contributed by atoms with van der Waals surface area (Å²) in [6.45, 7) is 0. The predicted octanol–water partition coefficient (Wildman–Crippen LogP) is 18.9. The Morgan fingerprint density at radius 1 is 0.266 bits per heavy atom. The Morgan fingerprint density at radius 3 is 1.15 bits per heavy atom. The summed E-state index contributed by atoms with van der Waals surface area (Å²) in [7, 11) is 0. The van der Waals surface area contributed by atoms with Crippen LogP contribution in [0.1, 0.15) is 44.5 Å². The van der Waals surface area contributed by atoms with E-state index in [0.29, 0.717) is 0 Å². The van der Waals surface area contributed by atoms with E-state index in [1.165, 1.54) is 88.4 Å². The summed E-state index contributed by atoms with van der Waals surface area (Å²) in [4.78, 5) is 2.53. The number of benzene rings is 12. The normalized spacial score (nSPS) is 13.5. The van der Waals surface area contributed by atoms with Gasteiger partial charge in [0.2, 0.25) is 0 Å². The number of rotatable bonds is 9. The first kappa shape index (κ1) is 45.0. The molecule has 0 unspecified atom stereocenters. The maximum atomic E-state index is 2.53. The Morgan fingerprint density at radius 2 is 0.658 bits per heavy atom. The van der Waals surface area contributed by atoms with E-state index in [4.69, 9.17) is 0 Å². The van der Waals surface area contributed by atoms with E-state index in [-0.39, 0.29) is 0 Å². The Labute approximate surface area is 459 Å². The molecule has 0 saturated carbocycles. The fraction of sp³-hybridized carbons (Fsp3) is 0.0263. The SMILES string of the molecule is c1ccc(-n2ccc3cc4c5cc(N(c6ccc7c(c6)C(c6ccccc6)(c6ccccc6)c6ccccc6-7)c6ccc7c(c6)C(c6ccccc6)(c6ccccc6)c6ccccc6-7)ccc5n(-c5ccccc5)c4cc32)cc1. The van der Waals surface area contributed by atoms with Gasteiger partial charge in [-0.15, -0.1) is 0 Å². The lowest BCUT2D eigenvalue weighted by Gasteiger charge is -2.36. The van der Waals surface area contributed by atoms with Crippen LogP contribution in [0.25, 0.3) is 66.3 Å². The molecule has 79 heavy (non-hydrogen) atoms. The third-order valence-corrected chi connectivity index (χ3v) is 17.3. The Hall–Kier alpha value is -10.2. The third-order valence-electron chi connectivity index (χ3n) is 17.3. The summed E-state index contributed by atoms with van der Waals surface area (Å²) in [6.07, 6.45) is 2.20. The molecule has 12 aromatic carbocycles. The molecule has 0 spiro atoms. The van der Waals surface area contributed by atoms with Gasteiger partial charge in [0.15, 0.2) is 0 Å². The van der Waals surface area contributed by atoms with Gasteiger partial charge < -0.3 is 14.0 Å². The number of aromatic nitrogens is 2. The summed E-state index contributed by atoms with van der Waals surface area (Å²) >= 11 is 0. The summed E-state index contributed by atoms with van der Waals surface area (Å²) in [6, 6.07) is 113. The standard InChI is InChI=1S/C76H51N3/c1-7-23-53(24-8-1)75(54-25-9-2-10-26-54)68-37-21-19-35-62(68)64-42-39-60(49-70(64)75)78(61-40-43-65-63-36-20-22-38-69(63)76(71(65)50-61,55-27-11-3-12-28-55)56-29-13-4-14-30-56)59-41-44-72-67(48-59)66-47-52-45-46-77(57-31-15-5-16-32-57)73(52)51-74(66)79(72)58-33-17-6-18-34-58/h1-51H. The number of anilines is 3. The quantitative estimate of drug-likeness (QED) is 0.140. The summed E-state index contributed by atoms with van der Waals surface area (Å²) in [5.74, 6) is 0. The minimum atomic E-state index is -0.583. The van der Waals surface area contributed by atoms with Gasteiger partial charge >= 0.3 is 0 Å². The minimum absolute atomic E-state index is 0.583. The fourth-order valence-corrected chi connectivity index (χ4v) is 14.0. The van der Waals surface area contributed by atoms with Crippen molar-refractivity contribution in [2.75, 3.05) is 4.90 Å². The van der Waals surface area contributed by atoms with Crippen LogP contribution in [0.3, 0.4) is 0 Å². The highest BCUT2D eigenvalue weighted by Crippen LogP contribution is 2.60. The van der Waals surface area contributed by atoms with Crippen LogP contribution in [0.15, 0.2) is 310 Å². The van der Waals surface area contributed by atoms with Crippen LogP contribution in [0, 0.1) is 0 Å². The maximum absolute atomic E-state index is 2.53. The lowest BCUT2D eigenvalue weighted by Crippen LogP contribution is -2.29. The maximum Gasteiger partial charge on any atom is 0.0714 e. The van der Waals surface area contributed by atoms with Crippen LogP contribution in [0.2, 0.25) is 0 Å². The molecule has 0 bridgehead atoms. The lowest BCUT2D eigenvalue weighted by atomic mass is 9.67. The van der Waals surface area contributed by atoms with Crippen molar-refractivity contribution < 1.29 is 0 Å². The van der Waals surface area contributed by atoms with Crippen molar-refractivity contribution in [2.45, 2.75) is 10.8 Å². The van der Waals surface area contributed by atoms with Crippen molar-refractivity contribution in [1.82, 2.24) is 9.13 Å². The van der Waals surface area contributed by atoms with Gasteiger partial charge in [0, 0.05) is 50.8 Å². The van der Waals surface area contributed by atoms with Gasteiger partial charge in [0.25, 0.3) is 0 Å². The molecule has 2 aliphatic carbocycles. The number of fused-ring (bicyclic) bond motifs is 10. The first-order valence-electron chi connectivity index (χ1n) is 27.4. The smallest absolute Gasteiger partial charge is 0.0714 e. The van der Waals surface area contributed by atoms with Crippen LogP contribution in [-0.4, -0.2) is 9.13 Å². The topological polar surface area (TPSA) is 13.1 Å². The van der Waals surface area contributed by atoms with Gasteiger partial charge in [-0.1, -0.05) is 218 Å². The average Bonchev–Trinajstić information content (AvgIpc) is 3.73. The molecule has 0 aliphatic heterocycles. The highest BCUT2D eigenvalue weighted by Gasteiger charge is 2.48. The largest absolute Gasteiger partial charge is 0.316 e. The van der Waals surface area contributed by atoms with Crippen LogP contribution in [0.4, 0.5) is 17.1 Å². The monoisotopic (exact) mass is 1010 g/mol. The van der Waals surface area contributed by atoms with Gasteiger partial charge in [-0.25, -0.2) is 0 Å². The van der Waals surface area contributed by atoms with Crippen LogP contribution in [-0.2, 0) is 10.8 Å². The first-order chi connectivity index (χ1) is 39.2. The molecule has 0 fully saturated rings. The second-order valence-corrected chi connectivity index (χ2v) is 21.2. The molecular formula is C76H51N3. The summed E-state index contributed by atoms with van der Waals surface area (Å²) < 4.78 is 4.75. The zero-order valence-corrected chi connectivity index (χ0v) is 43.3. The van der Waals surface area contributed by atoms with Gasteiger partial charge in [0.05, 0.1) is 27.4 Å². The Kier molecular flexibility index (Phi) is 10.1. The number of para-hydroxylation sites is 2. The molecule has 370 valence electrons. The van der Waals surface area contributed by atoms with Crippen molar-refractivity contribution >= 4 is 49.8 Å². The molecule has 0 saturated heterocycles. The summed E-state index contributed by atoms with van der Waals surface area (Å²) in [5, 5.41) is 3.58. The van der Waals surface area contributed by atoms with E-state index < -0.39 is 10.8 Å². The fourth-order valence-electron chi connectivity index (χ4n) is 14.0. The molecule has 0 radical (unpaired) electrons. The molecule has 14 aromatic rings. The lowest BCUT2D eigenvalue weighted by molar-refractivity contribution is 0.767. The zero-order chi connectivity index (χ0) is 52.1. The van der Waals surface area contributed by atoms with Gasteiger partial charge in [-0.3, -0.25) is 0 Å². The van der Waals surface area contributed by atoms with Crippen molar-refractivity contribution in [1.29, 1.82) is 0 Å². The number of hydrogen-bond donors (Lipinski definition) is 0. The first-order valence-corrected chi connectivity index (χ1v) is 27.4. The van der Waals surface area contributed by atoms with Gasteiger partial charge in [-0.05, 0) is 152 Å². The molecule has 16 rings (SSSR count). The molecule has 3 nitrogen and oxygen atoms in total. The van der Waals surface area contributed by atoms with Crippen LogP contribution in [0.5, 0.6) is 0 Å². The Balaban J connectivity index is 0.992. The summed E-state index contributed by atoms with van der Waals surface area (Å²) in [5.41, 5.74) is 22.9. The molecular weight excluding hydrogens is 955 g/mol. The van der Waals surface area contributed by atoms with E-state index >= 15 is 0 Å². The van der Waals surface area contributed by atoms with Crippen LogP contribution >= 0.6 is 0 Å². The molecule has 2 heterocycles. The highest BCUT2D eigenvalue weighted by atomic mass is 15.1. The molecule has 2 aromatic heterocycles. The second kappa shape index (κ2) is 17.7. The van der Waals surface area contributed by atoms with Gasteiger partial charge in [0.1, 0.15) is 0 Å².